The number of fused-ring (bicyclic) bond motifs is 1. The molecule has 0 saturated carbocycles. The molecular weight excluding hydrogens is 284 g/mol. The van der Waals surface area contributed by atoms with Gasteiger partial charge in [-0.3, -0.25) is 9.48 Å². The second-order valence-corrected chi connectivity index (χ2v) is 6.77. The van der Waals surface area contributed by atoms with Crippen LogP contribution in [0.2, 0.25) is 0 Å². The molecule has 1 aliphatic rings. The van der Waals surface area contributed by atoms with Crippen LogP contribution in [0.5, 0.6) is 0 Å². The van der Waals surface area contributed by atoms with Crippen molar-refractivity contribution >= 4 is 17.2 Å². The minimum atomic E-state index is 0.199. The fourth-order valence-electron chi connectivity index (χ4n) is 2.75. The van der Waals surface area contributed by atoms with E-state index in [4.69, 9.17) is 0 Å². The summed E-state index contributed by atoms with van der Waals surface area (Å²) >= 11 is 1.64. The highest BCUT2D eigenvalue weighted by Gasteiger charge is 2.29. The van der Waals surface area contributed by atoms with E-state index in [-0.39, 0.29) is 5.91 Å². The van der Waals surface area contributed by atoms with Crippen molar-refractivity contribution in [3.8, 4) is 0 Å². The average molecular weight is 304 g/mol. The first-order chi connectivity index (χ1) is 10.0. The van der Waals surface area contributed by atoms with Gasteiger partial charge in [-0.25, -0.2) is 0 Å². The predicted molar refractivity (Wildman–Crippen MR) is 82.9 cm³/mol. The molecule has 0 fully saturated rings. The van der Waals surface area contributed by atoms with Crippen LogP contribution >= 0.6 is 11.3 Å². The number of amides is 1. The normalized spacial score (nSPS) is 14.0. The van der Waals surface area contributed by atoms with E-state index >= 15 is 0 Å². The Bertz CT molecular complexity index is 645. The summed E-state index contributed by atoms with van der Waals surface area (Å²) < 4.78 is 1.92. The van der Waals surface area contributed by atoms with E-state index in [0.717, 1.165) is 17.1 Å². The Morgan fingerprint density at radius 1 is 1.43 bits per heavy atom. The van der Waals surface area contributed by atoms with Crippen LogP contribution in [0.15, 0.2) is 17.5 Å². The highest BCUT2D eigenvalue weighted by molar-refractivity contribution is 7.10. The Balaban J connectivity index is 1.73. The lowest BCUT2D eigenvalue weighted by Gasteiger charge is -2.16. The first-order valence-electron chi connectivity index (χ1n) is 7.03. The number of aromatic nitrogens is 2. The first-order valence-corrected chi connectivity index (χ1v) is 7.91. The van der Waals surface area contributed by atoms with Gasteiger partial charge in [-0.2, -0.15) is 5.10 Å². The Morgan fingerprint density at radius 3 is 2.90 bits per heavy atom. The number of aryl methyl sites for hydroxylation is 1. The van der Waals surface area contributed by atoms with Crippen molar-refractivity contribution in [2.24, 2.45) is 7.05 Å². The van der Waals surface area contributed by atoms with E-state index in [1.165, 1.54) is 11.3 Å². The van der Waals surface area contributed by atoms with Crippen LogP contribution in [-0.4, -0.2) is 39.6 Å². The van der Waals surface area contributed by atoms with Crippen LogP contribution in [0.4, 0.5) is 0 Å². The molecule has 3 rings (SSSR count). The zero-order valence-electron chi connectivity index (χ0n) is 12.7. The average Bonchev–Trinajstić information content (AvgIpc) is 3.09. The van der Waals surface area contributed by atoms with Gasteiger partial charge >= 0.3 is 0 Å². The topological polar surface area (TPSA) is 41.4 Å². The Morgan fingerprint density at radius 2 is 2.24 bits per heavy atom. The van der Waals surface area contributed by atoms with E-state index in [1.807, 2.05) is 48.2 Å². The van der Waals surface area contributed by atoms with Gasteiger partial charge in [-0.1, -0.05) is 6.07 Å². The summed E-state index contributed by atoms with van der Waals surface area (Å²) in [6.45, 7) is 2.18. The van der Waals surface area contributed by atoms with Crippen LogP contribution in [0.1, 0.15) is 21.8 Å². The maximum Gasteiger partial charge on any atom is 0.228 e. The second-order valence-electron chi connectivity index (χ2n) is 5.74. The highest BCUT2D eigenvalue weighted by atomic mass is 32.1. The summed E-state index contributed by atoms with van der Waals surface area (Å²) in [5.41, 5.74) is 3.49. The molecule has 0 bridgehead atoms. The molecule has 2 aromatic rings. The van der Waals surface area contributed by atoms with Crippen molar-refractivity contribution in [2.45, 2.75) is 26.1 Å². The lowest BCUT2D eigenvalue weighted by Crippen LogP contribution is -2.27. The third kappa shape index (κ3) is 2.87. The summed E-state index contributed by atoms with van der Waals surface area (Å²) in [5, 5.41) is 6.60. The lowest BCUT2D eigenvalue weighted by molar-refractivity contribution is -0.131. The number of hydrogen-bond acceptors (Lipinski definition) is 4. The number of thiophene rings is 1. The third-order valence-corrected chi connectivity index (χ3v) is 4.65. The van der Waals surface area contributed by atoms with Gasteiger partial charge in [0, 0.05) is 30.6 Å². The molecule has 3 heterocycles. The smallest absolute Gasteiger partial charge is 0.228 e. The van der Waals surface area contributed by atoms with Crippen LogP contribution in [-0.2, 0) is 37.9 Å². The van der Waals surface area contributed by atoms with Crippen molar-refractivity contribution in [1.82, 2.24) is 19.6 Å². The summed E-state index contributed by atoms with van der Waals surface area (Å²) in [6.07, 6.45) is 0.502. The number of nitrogens with zero attached hydrogens (tertiary/aromatic N) is 4. The van der Waals surface area contributed by atoms with Gasteiger partial charge in [0.15, 0.2) is 0 Å². The fraction of sp³-hybridized carbons (Fsp3) is 0.467. The number of carbonyl (C=O) groups is 1. The van der Waals surface area contributed by atoms with E-state index < -0.39 is 0 Å². The minimum absolute atomic E-state index is 0.199. The molecule has 0 aromatic carbocycles. The number of rotatable bonds is 4. The molecule has 0 N–H and O–H groups in total. The fourth-order valence-corrected chi connectivity index (χ4v) is 3.44. The zero-order chi connectivity index (χ0) is 15.0. The second kappa shape index (κ2) is 5.61. The van der Waals surface area contributed by atoms with Gasteiger partial charge in [-0.05, 0) is 25.5 Å². The van der Waals surface area contributed by atoms with Gasteiger partial charge < -0.3 is 9.80 Å². The summed E-state index contributed by atoms with van der Waals surface area (Å²) in [6, 6.07) is 4.01. The largest absolute Gasteiger partial charge is 0.332 e. The molecule has 0 atom stereocenters. The van der Waals surface area contributed by atoms with Crippen molar-refractivity contribution < 1.29 is 4.79 Å². The van der Waals surface area contributed by atoms with Gasteiger partial charge in [0.1, 0.15) is 0 Å². The number of carbonyl (C=O) groups excluding carboxylic acids is 1. The van der Waals surface area contributed by atoms with E-state index in [0.29, 0.717) is 19.5 Å². The molecule has 112 valence electrons. The number of hydrogen-bond donors (Lipinski definition) is 0. The Kier molecular flexibility index (Phi) is 3.82. The lowest BCUT2D eigenvalue weighted by atomic mass is 10.2. The van der Waals surface area contributed by atoms with Gasteiger partial charge in [0.05, 0.1) is 24.4 Å². The highest BCUT2D eigenvalue weighted by Crippen LogP contribution is 2.27. The predicted octanol–water partition coefficient (Wildman–Crippen LogP) is 1.63. The summed E-state index contributed by atoms with van der Waals surface area (Å²) in [7, 11) is 6.04. The van der Waals surface area contributed by atoms with E-state index in [2.05, 4.69) is 10.00 Å². The first kappa shape index (κ1) is 14.3. The van der Waals surface area contributed by atoms with Crippen molar-refractivity contribution in [3.63, 3.8) is 0 Å². The molecule has 0 unspecified atom stereocenters. The van der Waals surface area contributed by atoms with E-state index in [1.54, 1.807) is 11.3 Å². The monoisotopic (exact) mass is 304 g/mol. The maximum atomic E-state index is 12.4. The van der Waals surface area contributed by atoms with Crippen molar-refractivity contribution in [1.29, 1.82) is 0 Å². The van der Waals surface area contributed by atoms with Crippen molar-refractivity contribution in [3.05, 3.63) is 39.3 Å². The molecule has 0 aliphatic carbocycles. The molecule has 2 aromatic heterocycles. The quantitative estimate of drug-likeness (QED) is 0.862. The van der Waals surface area contributed by atoms with Gasteiger partial charge in [-0.15, -0.1) is 11.3 Å². The Hall–Kier alpha value is -1.66. The SMILES string of the molecule is CN(C)Cc1nn(C)c2c1CN(C(=O)Cc1cccs1)C2. The maximum absolute atomic E-state index is 12.4. The van der Waals surface area contributed by atoms with Crippen molar-refractivity contribution in [2.75, 3.05) is 14.1 Å². The molecule has 6 heteroatoms. The minimum Gasteiger partial charge on any atom is -0.332 e. The van der Waals surface area contributed by atoms with Crippen LogP contribution in [0, 0.1) is 0 Å². The molecule has 21 heavy (non-hydrogen) atoms. The van der Waals surface area contributed by atoms with E-state index in [9.17, 15) is 4.79 Å². The van der Waals surface area contributed by atoms with Gasteiger partial charge in [0.2, 0.25) is 5.91 Å². The summed E-state index contributed by atoms with van der Waals surface area (Å²) in [4.78, 5) is 17.6. The molecule has 0 spiro atoms. The van der Waals surface area contributed by atoms with Crippen LogP contribution < -0.4 is 0 Å². The standard InChI is InChI=1S/C15H20N4OS/c1-17(2)9-13-12-8-19(10-14(12)18(3)16-13)15(20)7-11-5-4-6-21-11/h4-6H,7-10H2,1-3H3. The molecule has 1 amide bonds. The molecular formula is C15H20N4OS. The molecule has 0 radical (unpaired) electrons. The summed E-state index contributed by atoms with van der Waals surface area (Å²) in [5.74, 6) is 0.199. The molecule has 1 aliphatic heterocycles. The van der Waals surface area contributed by atoms with Gasteiger partial charge in [0.25, 0.3) is 0 Å². The zero-order valence-corrected chi connectivity index (χ0v) is 13.5. The molecule has 0 saturated heterocycles. The molecule has 5 nitrogen and oxygen atoms in total. The van der Waals surface area contributed by atoms with Crippen LogP contribution in [0.3, 0.4) is 0 Å². The third-order valence-electron chi connectivity index (χ3n) is 3.77. The van der Waals surface area contributed by atoms with Crippen LogP contribution in [0.25, 0.3) is 0 Å². The Labute approximate surface area is 128 Å².